The average molecular weight is 238 g/mol. The second-order valence-corrected chi connectivity index (χ2v) is 4.45. The van der Waals surface area contributed by atoms with Gasteiger partial charge in [-0.3, -0.25) is 0 Å². The molecule has 0 saturated carbocycles. The predicted octanol–water partition coefficient (Wildman–Crippen LogP) is 0.999. The highest BCUT2D eigenvalue weighted by molar-refractivity contribution is 5.65. The highest BCUT2D eigenvalue weighted by atomic mass is 16.4. The van der Waals surface area contributed by atoms with Crippen LogP contribution in [0.25, 0.3) is 0 Å². The van der Waals surface area contributed by atoms with Gasteiger partial charge in [0.2, 0.25) is 5.95 Å². The molecule has 1 aliphatic rings. The molecule has 1 fully saturated rings. The number of carbonyl (C=O) groups is 1. The van der Waals surface area contributed by atoms with Crippen LogP contribution < -0.4 is 4.90 Å². The van der Waals surface area contributed by atoms with Gasteiger partial charge in [0, 0.05) is 45.6 Å². The highest BCUT2D eigenvalue weighted by Gasteiger charge is 2.26. The molecule has 1 aromatic heterocycles. The van der Waals surface area contributed by atoms with Crippen LogP contribution in [0.4, 0.5) is 10.7 Å². The predicted molar refractivity (Wildman–Crippen MR) is 64.2 cm³/mol. The lowest BCUT2D eigenvalue weighted by molar-refractivity contribution is 0.131. The maximum Gasteiger partial charge on any atom is 0.407 e. The Hall–Kier alpha value is -1.72. The van der Waals surface area contributed by atoms with E-state index < -0.39 is 6.09 Å². The molecule has 1 saturated heterocycles. The number of carboxylic acid groups (broad SMARTS) is 1. The van der Waals surface area contributed by atoms with Crippen LogP contribution in [-0.4, -0.2) is 51.8 Å². The van der Waals surface area contributed by atoms with Crippen molar-refractivity contribution in [2.75, 3.05) is 25.0 Å². The minimum atomic E-state index is -0.847. The first-order valence-corrected chi connectivity index (χ1v) is 5.77. The quantitative estimate of drug-likeness (QED) is 0.835. The van der Waals surface area contributed by atoms with Crippen molar-refractivity contribution in [2.45, 2.75) is 18.9 Å². The van der Waals surface area contributed by atoms with E-state index in [1.807, 2.05) is 17.8 Å². The summed E-state index contributed by atoms with van der Waals surface area (Å²) in [6, 6.07) is 0.129. The summed E-state index contributed by atoms with van der Waals surface area (Å²) in [6.07, 6.45) is 4.57. The lowest BCUT2D eigenvalue weighted by atomic mass is 10.0. The summed E-state index contributed by atoms with van der Waals surface area (Å²) in [5.74, 6) is 0.960. The normalized spacial score (nSPS) is 17.2. The van der Waals surface area contributed by atoms with Crippen molar-refractivity contribution in [3.05, 3.63) is 12.4 Å². The topological polar surface area (TPSA) is 61.6 Å². The number of hydrogen-bond donors (Lipinski definition) is 1. The van der Waals surface area contributed by atoms with Crippen molar-refractivity contribution in [1.82, 2.24) is 14.5 Å². The first kappa shape index (κ1) is 11.8. The van der Waals surface area contributed by atoms with E-state index in [1.165, 1.54) is 4.90 Å². The number of aryl methyl sites for hydroxylation is 1. The van der Waals surface area contributed by atoms with Gasteiger partial charge in [0.05, 0.1) is 0 Å². The highest BCUT2D eigenvalue weighted by Crippen LogP contribution is 2.20. The molecule has 6 nitrogen and oxygen atoms in total. The summed E-state index contributed by atoms with van der Waals surface area (Å²) in [5.41, 5.74) is 0. The van der Waals surface area contributed by atoms with Crippen LogP contribution in [-0.2, 0) is 7.05 Å². The second kappa shape index (κ2) is 4.65. The zero-order chi connectivity index (χ0) is 12.4. The van der Waals surface area contributed by atoms with Crippen LogP contribution in [0, 0.1) is 0 Å². The zero-order valence-electron chi connectivity index (χ0n) is 10.2. The summed E-state index contributed by atoms with van der Waals surface area (Å²) in [7, 11) is 3.61. The molecule has 0 aliphatic carbocycles. The van der Waals surface area contributed by atoms with Crippen LogP contribution >= 0.6 is 0 Å². The van der Waals surface area contributed by atoms with Gasteiger partial charge in [0.15, 0.2) is 0 Å². The summed E-state index contributed by atoms with van der Waals surface area (Å²) >= 11 is 0. The van der Waals surface area contributed by atoms with Crippen molar-refractivity contribution >= 4 is 12.0 Å². The van der Waals surface area contributed by atoms with E-state index in [-0.39, 0.29) is 6.04 Å². The first-order chi connectivity index (χ1) is 8.09. The largest absolute Gasteiger partial charge is 0.465 e. The molecule has 2 heterocycles. The Kier molecular flexibility index (Phi) is 3.21. The third kappa shape index (κ3) is 2.35. The van der Waals surface area contributed by atoms with Gasteiger partial charge < -0.3 is 19.5 Å². The van der Waals surface area contributed by atoms with Gasteiger partial charge in [-0.1, -0.05) is 0 Å². The van der Waals surface area contributed by atoms with E-state index in [9.17, 15) is 4.79 Å². The van der Waals surface area contributed by atoms with E-state index in [1.54, 1.807) is 13.2 Å². The van der Waals surface area contributed by atoms with Crippen molar-refractivity contribution < 1.29 is 9.90 Å². The number of anilines is 1. The van der Waals surface area contributed by atoms with E-state index in [2.05, 4.69) is 9.88 Å². The molecule has 1 aromatic rings. The van der Waals surface area contributed by atoms with E-state index in [0.717, 1.165) is 31.9 Å². The Morgan fingerprint density at radius 3 is 2.65 bits per heavy atom. The fraction of sp³-hybridized carbons (Fsp3) is 0.636. The summed E-state index contributed by atoms with van der Waals surface area (Å²) in [6.45, 7) is 1.71. The van der Waals surface area contributed by atoms with Crippen molar-refractivity contribution in [3.63, 3.8) is 0 Å². The lowest BCUT2D eigenvalue weighted by Gasteiger charge is -2.35. The number of hydrogen-bond acceptors (Lipinski definition) is 3. The van der Waals surface area contributed by atoms with Gasteiger partial charge in [0.25, 0.3) is 0 Å². The first-order valence-electron chi connectivity index (χ1n) is 5.77. The Morgan fingerprint density at radius 1 is 1.53 bits per heavy atom. The molecule has 0 unspecified atom stereocenters. The number of imidazole rings is 1. The SMILES string of the molecule is CN(C(=O)O)C1CCN(c2nccn2C)CC1. The fourth-order valence-electron chi connectivity index (χ4n) is 2.27. The molecule has 17 heavy (non-hydrogen) atoms. The molecule has 0 radical (unpaired) electrons. The number of piperidine rings is 1. The van der Waals surface area contributed by atoms with Crippen LogP contribution in [0.3, 0.4) is 0 Å². The Bertz CT molecular complexity index is 396. The maximum atomic E-state index is 10.9. The van der Waals surface area contributed by atoms with Gasteiger partial charge in [0.1, 0.15) is 0 Å². The third-order valence-electron chi connectivity index (χ3n) is 3.39. The molecule has 0 bridgehead atoms. The van der Waals surface area contributed by atoms with E-state index in [4.69, 9.17) is 5.11 Å². The molecule has 0 aromatic carbocycles. The number of nitrogens with zero attached hydrogens (tertiary/aromatic N) is 4. The molecule has 94 valence electrons. The Labute approximate surface area is 100 Å². The molecule has 2 rings (SSSR count). The lowest BCUT2D eigenvalue weighted by Crippen LogP contribution is -2.45. The molecule has 1 amide bonds. The molecule has 1 N–H and O–H groups in total. The number of rotatable bonds is 2. The summed E-state index contributed by atoms with van der Waals surface area (Å²) in [5, 5.41) is 8.92. The van der Waals surface area contributed by atoms with Gasteiger partial charge in [-0.05, 0) is 12.8 Å². The van der Waals surface area contributed by atoms with Crippen LogP contribution in [0.1, 0.15) is 12.8 Å². The summed E-state index contributed by atoms with van der Waals surface area (Å²) in [4.78, 5) is 18.8. The van der Waals surface area contributed by atoms with Crippen molar-refractivity contribution in [1.29, 1.82) is 0 Å². The minimum Gasteiger partial charge on any atom is -0.465 e. The number of amides is 1. The summed E-state index contributed by atoms with van der Waals surface area (Å²) < 4.78 is 1.99. The molecular formula is C11H18N4O2. The fourth-order valence-corrected chi connectivity index (χ4v) is 2.27. The monoisotopic (exact) mass is 238 g/mol. The van der Waals surface area contributed by atoms with Crippen LogP contribution in [0.5, 0.6) is 0 Å². The smallest absolute Gasteiger partial charge is 0.407 e. The van der Waals surface area contributed by atoms with Gasteiger partial charge in [-0.25, -0.2) is 9.78 Å². The van der Waals surface area contributed by atoms with Crippen molar-refractivity contribution in [2.24, 2.45) is 7.05 Å². The molecular weight excluding hydrogens is 220 g/mol. The molecule has 6 heteroatoms. The zero-order valence-corrected chi connectivity index (χ0v) is 10.2. The van der Waals surface area contributed by atoms with E-state index >= 15 is 0 Å². The standard InChI is InChI=1S/C11H18N4O2/c1-13-8-5-12-10(13)15-6-3-9(4-7-15)14(2)11(16)17/h5,8-9H,3-4,6-7H2,1-2H3,(H,16,17). The van der Waals surface area contributed by atoms with Crippen molar-refractivity contribution in [3.8, 4) is 0 Å². The van der Waals surface area contributed by atoms with Crippen LogP contribution in [0.2, 0.25) is 0 Å². The van der Waals surface area contributed by atoms with Gasteiger partial charge in [-0.2, -0.15) is 0 Å². The number of aromatic nitrogens is 2. The average Bonchev–Trinajstić information content (AvgIpc) is 2.74. The maximum absolute atomic E-state index is 10.9. The van der Waals surface area contributed by atoms with Gasteiger partial charge >= 0.3 is 6.09 Å². The third-order valence-corrected chi connectivity index (χ3v) is 3.39. The van der Waals surface area contributed by atoms with E-state index in [0.29, 0.717) is 0 Å². The second-order valence-electron chi connectivity index (χ2n) is 4.45. The minimum absolute atomic E-state index is 0.129. The molecule has 0 spiro atoms. The van der Waals surface area contributed by atoms with Crippen LogP contribution in [0.15, 0.2) is 12.4 Å². The Balaban J connectivity index is 1.95. The Morgan fingerprint density at radius 2 is 2.18 bits per heavy atom. The van der Waals surface area contributed by atoms with Gasteiger partial charge in [-0.15, -0.1) is 0 Å². The molecule has 0 atom stereocenters. The molecule has 1 aliphatic heterocycles.